The fraction of sp³-hybridized carbons (Fsp3) is 0.333. The minimum absolute atomic E-state index is 0.00896. The number of carbonyl (C=O) groups excluding carboxylic acids is 2. The van der Waals surface area contributed by atoms with Crippen molar-refractivity contribution in [2.75, 3.05) is 26.0 Å². The van der Waals surface area contributed by atoms with E-state index in [-0.39, 0.29) is 18.4 Å². The van der Waals surface area contributed by atoms with E-state index >= 15 is 0 Å². The third kappa shape index (κ3) is 2.28. The number of anilines is 1. The van der Waals surface area contributed by atoms with Crippen molar-refractivity contribution < 1.29 is 14.3 Å². The lowest BCUT2D eigenvalue weighted by atomic mass is 10.0. The van der Waals surface area contributed by atoms with Crippen LogP contribution in [0.4, 0.5) is 5.69 Å². The zero-order valence-electron chi connectivity index (χ0n) is 10.3. The molecule has 0 spiro atoms. The number of nitrogens with zero attached hydrogens (tertiary/aromatic N) is 1. The van der Waals surface area contributed by atoms with Gasteiger partial charge in [0.15, 0.2) is 6.61 Å². The van der Waals surface area contributed by atoms with Crippen molar-refractivity contribution in [3.05, 3.63) is 23.8 Å². The van der Waals surface area contributed by atoms with E-state index in [2.05, 4.69) is 5.32 Å². The number of hydrogen-bond donors (Lipinski definition) is 2. The molecule has 6 nitrogen and oxygen atoms in total. The van der Waals surface area contributed by atoms with Crippen molar-refractivity contribution in [1.29, 1.82) is 0 Å². The molecule has 0 fully saturated rings. The molecule has 0 saturated carbocycles. The lowest BCUT2D eigenvalue weighted by Crippen LogP contribution is -2.33. The number of likely N-dealkylation sites (N-methyl/N-ethyl adjacent to an activating group) is 1. The van der Waals surface area contributed by atoms with E-state index in [0.717, 1.165) is 0 Å². The van der Waals surface area contributed by atoms with Crippen LogP contribution in [0.2, 0.25) is 0 Å². The zero-order chi connectivity index (χ0) is 13.3. The Morgan fingerprint density at radius 2 is 2.22 bits per heavy atom. The van der Waals surface area contributed by atoms with Crippen molar-refractivity contribution in [3.63, 3.8) is 0 Å². The van der Waals surface area contributed by atoms with Gasteiger partial charge in [-0.2, -0.15) is 0 Å². The van der Waals surface area contributed by atoms with Gasteiger partial charge in [-0.15, -0.1) is 0 Å². The molecule has 2 rings (SSSR count). The summed E-state index contributed by atoms with van der Waals surface area (Å²) in [6.07, 6.45) is 0. The van der Waals surface area contributed by atoms with Crippen LogP contribution in [-0.2, 0) is 9.59 Å². The van der Waals surface area contributed by atoms with Crippen LogP contribution in [0.5, 0.6) is 5.75 Å². The maximum atomic E-state index is 11.8. The first kappa shape index (κ1) is 12.4. The largest absolute Gasteiger partial charge is 0.482 e. The van der Waals surface area contributed by atoms with Crippen LogP contribution in [0.3, 0.4) is 0 Å². The van der Waals surface area contributed by atoms with Crippen molar-refractivity contribution in [2.24, 2.45) is 5.73 Å². The van der Waals surface area contributed by atoms with Gasteiger partial charge in [0.25, 0.3) is 5.91 Å². The van der Waals surface area contributed by atoms with Crippen molar-refractivity contribution in [3.8, 4) is 5.75 Å². The number of amides is 2. The standard InChI is InChI=1S/C12H15N3O3/c1-15(2)12(17)11(13)7-3-4-9-8(5-7)14-10(16)6-18-9/h3-5,11H,6,13H2,1-2H3,(H,14,16). The van der Waals surface area contributed by atoms with Gasteiger partial charge in [0.2, 0.25) is 5.91 Å². The highest BCUT2D eigenvalue weighted by Crippen LogP contribution is 2.30. The summed E-state index contributed by atoms with van der Waals surface area (Å²) < 4.78 is 5.23. The van der Waals surface area contributed by atoms with Gasteiger partial charge in [0.05, 0.1) is 5.69 Å². The summed E-state index contributed by atoms with van der Waals surface area (Å²) in [7, 11) is 3.29. The fourth-order valence-electron chi connectivity index (χ4n) is 1.71. The summed E-state index contributed by atoms with van der Waals surface area (Å²) >= 11 is 0. The smallest absolute Gasteiger partial charge is 0.262 e. The Bertz CT molecular complexity index is 499. The van der Waals surface area contributed by atoms with Crippen molar-refractivity contribution >= 4 is 17.5 Å². The topological polar surface area (TPSA) is 84.7 Å². The van der Waals surface area contributed by atoms with Crippen LogP contribution in [0.15, 0.2) is 18.2 Å². The molecule has 96 valence electrons. The van der Waals surface area contributed by atoms with Crippen molar-refractivity contribution in [2.45, 2.75) is 6.04 Å². The van der Waals surface area contributed by atoms with E-state index in [4.69, 9.17) is 10.5 Å². The molecule has 1 atom stereocenters. The Morgan fingerprint density at radius 1 is 1.50 bits per heavy atom. The first-order valence-electron chi connectivity index (χ1n) is 5.52. The molecule has 1 aliphatic heterocycles. The highest BCUT2D eigenvalue weighted by atomic mass is 16.5. The fourth-order valence-corrected chi connectivity index (χ4v) is 1.71. The normalized spacial score (nSPS) is 15.2. The molecule has 1 aromatic carbocycles. The van der Waals surface area contributed by atoms with E-state index in [1.165, 1.54) is 4.90 Å². The number of ether oxygens (including phenoxy) is 1. The predicted octanol–water partition coefficient (Wildman–Crippen LogP) is 0.105. The molecular formula is C12H15N3O3. The Morgan fingerprint density at radius 3 is 2.89 bits per heavy atom. The van der Waals surface area contributed by atoms with Crippen LogP contribution in [0.25, 0.3) is 0 Å². The molecule has 1 aromatic rings. The number of nitrogens with two attached hydrogens (primary N) is 1. The summed E-state index contributed by atoms with van der Waals surface area (Å²) in [4.78, 5) is 24.4. The summed E-state index contributed by atoms with van der Waals surface area (Å²) in [6, 6.07) is 4.34. The Balaban J connectivity index is 2.28. The zero-order valence-corrected chi connectivity index (χ0v) is 10.3. The molecule has 3 N–H and O–H groups in total. The van der Waals surface area contributed by atoms with Gasteiger partial charge in [-0.1, -0.05) is 6.07 Å². The number of fused-ring (bicyclic) bond motifs is 1. The van der Waals surface area contributed by atoms with E-state index in [9.17, 15) is 9.59 Å². The minimum atomic E-state index is -0.746. The van der Waals surface area contributed by atoms with Crippen LogP contribution < -0.4 is 15.8 Å². The van der Waals surface area contributed by atoms with Gasteiger partial charge < -0.3 is 20.7 Å². The van der Waals surface area contributed by atoms with Crippen LogP contribution >= 0.6 is 0 Å². The highest BCUT2D eigenvalue weighted by molar-refractivity contribution is 5.95. The predicted molar refractivity (Wildman–Crippen MR) is 66.2 cm³/mol. The molecular weight excluding hydrogens is 234 g/mol. The molecule has 18 heavy (non-hydrogen) atoms. The van der Waals surface area contributed by atoms with E-state index in [0.29, 0.717) is 17.0 Å². The highest BCUT2D eigenvalue weighted by Gasteiger charge is 2.21. The van der Waals surface area contributed by atoms with E-state index < -0.39 is 6.04 Å². The van der Waals surface area contributed by atoms with Crippen LogP contribution in [0.1, 0.15) is 11.6 Å². The summed E-state index contributed by atoms with van der Waals surface area (Å²) in [6.45, 7) is 0.00896. The summed E-state index contributed by atoms with van der Waals surface area (Å²) in [5, 5.41) is 2.68. The Kier molecular flexibility index (Phi) is 3.20. The second-order valence-corrected chi connectivity index (χ2v) is 4.30. The SMILES string of the molecule is CN(C)C(=O)C(N)c1ccc2c(c1)NC(=O)CO2. The monoisotopic (exact) mass is 249 g/mol. The van der Waals surface area contributed by atoms with Gasteiger partial charge in [0, 0.05) is 14.1 Å². The summed E-state index contributed by atoms with van der Waals surface area (Å²) in [5.41, 5.74) is 7.05. The van der Waals surface area contributed by atoms with Gasteiger partial charge in [0.1, 0.15) is 11.8 Å². The van der Waals surface area contributed by atoms with Gasteiger partial charge in [-0.05, 0) is 17.7 Å². The molecule has 0 aromatic heterocycles. The number of benzene rings is 1. The first-order valence-corrected chi connectivity index (χ1v) is 5.52. The Labute approximate surface area is 105 Å². The quantitative estimate of drug-likeness (QED) is 0.778. The van der Waals surface area contributed by atoms with Crippen LogP contribution in [-0.4, -0.2) is 37.4 Å². The molecule has 1 heterocycles. The second-order valence-electron chi connectivity index (χ2n) is 4.30. The molecule has 6 heteroatoms. The molecule has 1 aliphatic rings. The average Bonchev–Trinajstić information content (AvgIpc) is 2.35. The Hall–Kier alpha value is -2.08. The molecule has 2 amide bonds. The van der Waals surface area contributed by atoms with Gasteiger partial charge in [-0.3, -0.25) is 9.59 Å². The maximum absolute atomic E-state index is 11.8. The van der Waals surface area contributed by atoms with E-state index in [1.54, 1.807) is 32.3 Å². The van der Waals surface area contributed by atoms with E-state index in [1.807, 2.05) is 0 Å². The second kappa shape index (κ2) is 4.66. The number of carbonyl (C=O) groups is 2. The number of nitrogens with one attached hydrogen (secondary N) is 1. The number of rotatable bonds is 2. The summed E-state index contributed by atoms with van der Waals surface area (Å²) in [5.74, 6) is 0.174. The average molecular weight is 249 g/mol. The third-order valence-corrected chi connectivity index (χ3v) is 2.70. The van der Waals surface area contributed by atoms with Crippen LogP contribution in [0, 0.1) is 0 Å². The molecule has 0 radical (unpaired) electrons. The molecule has 0 bridgehead atoms. The maximum Gasteiger partial charge on any atom is 0.262 e. The lowest BCUT2D eigenvalue weighted by molar-refractivity contribution is -0.130. The molecule has 1 unspecified atom stereocenters. The van der Waals surface area contributed by atoms with Gasteiger partial charge in [-0.25, -0.2) is 0 Å². The van der Waals surface area contributed by atoms with Crippen molar-refractivity contribution in [1.82, 2.24) is 4.90 Å². The lowest BCUT2D eigenvalue weighted by Gasteiger charge is -2.21. The first-order chi connectivity index (χ1) is 8.49. The molecule has 0 aliphatic carbocycles. The third-order valence-electron chi connectivity index (χ3n) is 2.70. The molecule has 0 saturated heterocycles. The minimum Gasteiger partial charge on any atom is -0.482 e. The van der Waals surface area contributed by atoms with Gasteiger partial charge >= 0.3 is 0 Å². The number of hydrogen-bond acceptors (Lipinski definition) is 4.